The van der Waals surface area contributed by atoms with E-state index in [0.29, 0.717) is 23.8 Å². The molecule has 1 aliphatic rings. The number of hydrogen-bond acceptors (Lipinski definition) is 4. The van der Waals surface area contributed by atoms with E-state index in [4.69, 9.17) is 5.73 Å². The molecule has 0 spiro atoms. The van der Waals surface area contributed by atoms with Crippen LogP contribution in [0.15, 0.2) is 24.4 Å². The maximum absolute atomic E-state index is 12.4. The summed E-state index contributed by atoms with van der Waals surface area (Å²) in [6, 6.07) is 5.79. The summed E-state index contributed by atoms with van der Waals surface area (Å²) in [6.07, 6.45) is 4.83. The van der Waals surface area contributed by atoms with Crippen molar-refractivity contribution >= 4 is 30.7 Å². The number of rotatable bonds is 4. The van der Waals surface area contributed by atoms with E-state index in [2.05, 4.69) is 15.4 Å². The number of nitrogens with one attached hydrogen (secondary N) is 1. The summed E-state index contributed by atoms with van der Waals surface area (Å²) >= 11 is 0. The van der Waals surface area contributed by atoms with Crippen molar-refractivity contribution in [2.45, 2.75) is 39.2 Å². The van der Waals surface area contributed by atoms with Crippen LogP contribution in [0.5, 0.6) is 0 Å². The summed E-state index contributed by atoms with van der Waals surface area (Å²) in [4.78, 5) is 16.7. The summed E-state index contributed by atoms with van der Waals surface area (Å²) in [6.45, 7) is 4.55. The van der Waals surface area contributed by atoms with E-state index in [1.165, 1.54) is 0 Å². The van der Waals surface area contributed by atoms with Crippen LogP contribution in [0.2, 0.25) is 0 Å². The summed E-state index contributed by atoms with van der Waals surface area (Å²) < 4.78 is 1.78. The lowest BCUT2D eigenvalue weighted by molar-refractivity contribution is 0.0928. The first-order valence-corrected chi connectivity index (χ1v) is 8.09. The summed E-state index contributed by atoms with van der Waals surface area (Å²) in [7, 11) is 0. The molecule has 1 saturated carbocycles. The number of halogens is 2. The number of nitrogens with two attached hydrogens (primary N) is 1. The fourth-order valence-corrected chi connectivity index (χ4v) is 3.27. The summed E-state index contributed by atoms with van der Waals surface area (Å²) in [5.74, 6) is 1.02. The van der Waals surface area contributed by atoms with E-state index < -0.39 is 0 Å². The Labute approximate surface area is 160 Å². The zero-order valence-electron chi connectivity index (χ0n) is 14.4. The Balaban J connectivity index is 0.00000156. The molecule has 2 heterocycles. The highest BCUT2D eigenvalue weighted by Gasteiger charge is 2.27. The van der Waals surface area contributed by atoms with Crippen molar-refractivity contribution in [2.75, 3.05) is 6.54 Å². The van der Waals surface area contributed by atoms with E-state index in [-0.39, 0.29) is 36.8 Å². The van der Waals surface area contributed by atoms with Crippen molar-refractivity contribution in [3.05, 3.63) is 41.3 Å². The van der Waals surface area contributed by atoms with Gasteiger partial charge in [0.2, 0.25) is 0 Å². The number of nitrogens with zero attached hydrogens (tertiary/aromatic N) is 3. The number of aromatic nitrogens is 3. The average Bonchev–Trinajstić information content (AvgIpc) is 3.13. The van der Waals surface area contributed by atoms with Gasteiger partial charge in [-0.05, 0) is 57.4 Å². The quantitative estimate of drug-likeness (QED) is 0.846. The van der Waals surface area contributed by atoms with Crippen LogP contribution < -0.4 is 11.1 Å². The Kier molecular flexibility index (Phi) is 7.86. The van der Waals surface area contributed by atoms with E-state index in [9.17, 15) is 4.79 Å². The average molecular weight is 386 g/mol. The number of pyridine rings is 1. The number of aryl methyl sites for hydroxylation is 2. The molecule has 25 heavy (non-hydrogen) atoms. The molecule has 6 nitrogen and oxygen atoms in total. The van der Waals surface area contributed by atoms with Crippen LogP contribution in [-0.2, 0) is 0 Å². The molecule has 2 atom stereocenters. The first-order valence-electron chi connectivity index (χ1n) is 8.09. The maximum Gasteiger partial charge on any atom is 0.253 e. The largest absolute Gasteiger partial charge is 0.349 e. The van der Waals surface area contributed by atoms with Gasteiger partial charge in [0.05, 0.1) is 11.3 Å². The number of hydrogen-bond donors (Lipinski definition) is 2. The van der Waals surface area contributed by atoms with Crippen LogP contribution >= 0.6 is 24.8 Å². The lowest BCUT2D eigenvalue weighted by Gasteiger charge is -2.19. The number of carbonyl (C=O) groups is 1. The predicted molar refractivity (Wildman–Crippen MR) is 103 cm³/mol. The van der Waals surface area contributed by atoms with Gasteiger partial charge in [-0.1, -0.05) is 6.42 Å². The minimum atomic E-state index is -0.0808. The van der Waals surface area contributed by atoms with Crippen molar-refractivity contribution in [3.8, 4) is 5.82 Å². The third-order valence-electron chi connectivity index (χ3n) is 4.51. The minimum Gasteiger partial charge on any atom is -0.349 e. The topological polar surface area (TPSA) is 85.8 Å². The molecule has 3 N–H and O–H groups in total. The normalized spacial score (nSPS) is 19.0. The highest BCUT2D eigenvalue weighted by Crippen LogP contribution is 2.24. The molecule has 2 aromatic heterocycles. The zero-order valence-corrected chi connectivity index (χ0v) is 16.1. The number of amides is 1. The number of carbonyl (C=O) groups excluding carboxylic acids is 1. The van der Waals surface area contributed by atoms with E-state index in [1.54, 1.807) is 16.9 Å². The van der Waals surface area contributed by atoms with Gasteiger partial charge in [0, 0.05) is 17.9 Å². The first kappa shape index (κ1) is 21.4. The third kappa shape index (κ3) is 4.71. The van der Waals surface area contributed by atoms with Gasteiger partial charge in [0.1, 0.15) is 0 Å². The van der Waals surface area contributed by atoms with E-state index in [0.717, 1.165) is 30.7 Å². The first-order chi connectivity index (χ1) is 11.1. The smallest absolute Gasteiger partial charge is 0.253 e. The van der Waals surface area contributed by atoms with Crippen molar-refractivity contribution in [2.24, 2.45) is 11.7 Å². The molecule has 1 aliphatic carbocycles. The highest BCUT2D eigenvalue weighted by atomic mass is 35.5. The Hall–Kier alpha value is -1.63. The molecule has 2 aromatic rings. The molecule has 2 unspecified atom stereocenters. The van der Waals surface area contributed by atoms with Gasteiger partial charge in [-0.3, -0.25) is 4.79 Å². The standard InChI is InChI=1S/C17H23N5O.2ClH/c1-11-8-12(2)22(21-11)16-7-6-14(10-19-16)17(23)20-15-5-3-4-13(15)9-18;;/h6-8,10,13,15H,3-5,9,18H2,1-2H3,(H,20,23);2*1H. The van der Waals surface area contributed by atoms with Crippen LogP contribution in [0.1, 0.15) is 41.0 Å². The third-order valence-corrected chi connectivity index (χ3v) is 4.51. The molecule has 0 aliphatic heterocycles. The van der Waals surface area contributed by atoms with E-state index in [1.807, 2.05) is 26.0 Å². The van der Waals surface area contributed by atoms with Crippen LogP contribution in [0.25, 0.3) is 5.82 Å². The Bertz CT molecular complexity index is 702. The summed E-state index contributed by atoms with van der Waals surface area (Å²) in [5.41, 5.74) is 8.30. The fourth-order valence-electron chi connectivity index (χ4n) is 3.27. The van der Waals surface area contributed by atoms with Gasteiger partial charge >= 0.3 is 0 Å². The van der Waals surface area contributed by atoms with Crippen LogP contribution in [0, 0.1) is 19.8 Å². The van der Waals surface area contributed by atoms with Crippen LogP contribution in [-0.4, -0.2) is 33.3 Å². The highest BCUT2D eigenvalue weighted by molar-refractivity contribution is 5.94. The predicted octanol–water partition coefficient (Wildman–Crippen LogP) is 2.58. The lowest BCUT2D eigenvalue weighted by Crippen LogP contribution is -2.39. The maximum atomic E-state index is 12.4. The molecule has 138 valence electrons. The summed E-state index contributed by atoms with van der Waals surface area (Å²) in [5, 5.41) is 7.49. The van der Waals surface area contributed by atoms with Gasteiger partial charge in [-0.15, -0.1) is 24.8 Å². The van der Waals surface area contributed by atoms with Crippen molar-refractivity contribution in [1.29, 1.82) is 0 Å². The molecule has 1 amide bonds. The molecule has 0 saturated heterocycles. The molecular weight excluding hydrogens is 361 g/mol. The SMILES string of the molecule is Cc1cc(C)n(-c2ccc(C(=O)NC3CCCC3CN)cn2)n1.Cl.Cl. The van der Waals surface area contributed by atoms with Crippen molar-refractivity contribution in [3.63, 3.8) is 0 Å². The second kappa shape index (κ2) is 9.17. The minimum absolute atomic E-state index is 0. The Morgan fingerprint density at radius 1 is 1.32 bits per heavy atom. The fraction of sp³-hybridized carbons (Fsp3) is 0.471. The van der Waals surface area contributed by atoms with Gasteiger partial charge in [-0.2, -0.15) is 5.10 Å². The van der Waals surface area contributed by atoms with Gasteiger partial charge < -0.3 is 11.1 Å². The molecule has 0 aromatic carbocycles. The molecule has 1 fully saturated rings. The molecule has 0 bridgehead atoms. The van der Waals surface area contributed by atoms with Crippen molar-refractivity contribution in [1.82, 2.24) is 20.1 Å². The lowest BCUT2D eigenvalue weighted by atomic mass is 10.0. The second-order valence-corrected chi connectivity index (χ2v) is 6.25. The van der Waals surface area contributed by atoms with E-state index >= 15 is 0 Å². The Morgan fingerprint density at radius 3 is 2.64 bits per heavy atom. The monoisotopic (exact) mass is 385 g/mol. The molecular formula is C17H25Cl2N5O. The van der Waals surface area contributed by atoms with Gasteiger partial charge in [0.25, 0.3) is 5.91 Å². The second-order valence-electron chi connectivity index (χ2n) is 6.25. The van der Waals surface area contributed by atoms with Gasteiger partial charge in [-0.25, -0.2) is 9.67 Å². The molecule has 0 radical (unpaired) electrons. The molecule has 8 heteroatoms. The Morgan fingerprint density at radius 2 is 2.08 bits per heavy atom. The van der Waals surface area contributed by atoms with Crippen LogP contribution in [0.4, 0.5) is 0 Å². The zero-order chi connectivity index (χ0) is 16.4. The van der Waals surface area contributed by atoms with Gasteiger partial charge in [0.15, 0.2) is 5.82 Å². The van der Waals surface area contributed by atoms with Crippen LogP contribution in [0.3, 0.4) is 0 Å². The van der Waals surface area contributed by atoms with Crippen molar-refractivity contribution < 1.29 is 4.79 Å². The molecule has 3 rings (SSSR count).